The van der Waals surface area contributed by atoms with Crippen LogP contribution in [-0.4, -0.2) is 35.8 Å². The molecule has 2 heterocycles. The molecule has 1 aliphatic rings. The predicted octanol–water partition coefficient (Wildman–Crippen LogP) is 3.23. The van der Waals surface area contributed by atoms with Gasteiger partial charge in [0.15, 0.2) is 0 Å². The van der Waals surface area contributed by atoms with E-state index in [2.05, 4.69) is 43.0 Å². The van der Waals surface area contributed by atoms with Gasteiger partial charge >= 0.3 is 0 Å². The fraction of sp³-hybridized carbons (Fsp3) is 0.750. The zero-order valence-corrected chi connectivity index (χ0v) is 13.6. The first kappa shape index (κ1) is 16.0. The van der Waals surface area contributed by atoms with Crippen molar-refractivity contribution < 1.29 is 9.47 Å². The molecule has 1 unspecified atom stereocenters. The molecule has 1 aliphatic heterocycles. The molecule has 0 aromatic carbocycles. The molecule has 0 bridgehead atoms. The van der Waals surface area contributed by atoms with Gasteiger partial charge in [-0.3, -0.25) is 0 Å². The predicted molar refractivity (Wildman–Crippen MR) is 83.9 cm³/mol. The number of hydrogen-bond donors (Lipinski definition) is 1. The zero-order valence-electron chi connectivity index (χ0n) is 13.6. The van der Waals surface area contributed by atoms with Gasteiger partial charge in [-0.15, -0.1) is 0 Å². The molecule has 0 aliphatic carbocycles. The summed E-state index contributed by atoms with van der Waals surface area (Å²) in [4.78, 5) is 9.04. The van der Waals surface area contributed by atoms with Crippen molar-refractivity contribution in [3.8, 4) is 5.88 Å². The Labute approximate surface area is 127 Å². The molecule has 1 fully saturated rings. The van der Waals surface area contributed by atoms with E-state index in [9.17, 15) is 0 Å². The molecule has 2 rings (SSSR count). The van der Waals surface area contributed by atoms with Gasteiger partial charge in [0.1, 0.15) is 11.6 Å². The normalized spacial score (nSPS) is 18.5. The van der Waals surface area contributed by atoms with Crippen LogP contribution < -0.4 is 10.1 Å². The van der Waals surface area contributed by atoms with Gasteiger partial charge in [-0.2, -0.15) is 4.98 Å². The molecule has 0 radical (unpaired) electrons. The van der Waals surface area contributed by atoms with E-state index in [1.165, 1.54) is 0 Å². The molecule has 0 amide bonds. The number of ether oxygens (including phenoxy) is 2. The Morgan fingerprint density at radius 1 is 1.33 bits per heavy atom. The maximum atomic E-state index is 5.75. The van der Waals surface area contributed by atoms with Crippen molar-refractivity contribution in [3.05, 3.63) is 11.9 Å². The summed E-state index contributed by atoms with van der Waals surface area (Å²) in [7, 11) is 0. The number of hydrogen-bond acceptors (Lipinski definition) is 5. The van der Waals surface area contributed by atoms with Crippen molar-refractivity contribution in [2.24, 2.45) is 5.92 Å². The van der Waals surface area contributed by atoms with Crippen LogP contribution in [0.5, 0.6) is 5.88 Å². The molecule has 1 aromatic heterocycles. The average molecular weight is 293 g/mol. The van der Waals surface area contributed by atoms with Crippen molar-refractivity contribution in [1.29, 1.82) is 0 Å². The minimum atomic E-state index is 0.274. The first-order chi connectivity index (χ1) is 10.0. The molecule has 1 atom stereocenters. The summed E-state index contributed by atoms with van der Waals surface area (Å²) < 4.78 is 11.4. The fourth-order valence-electron chi connectivity index (χ4n) is 2.14. The van der Waals surface area contributed by atoms with E-state index in [1.807, 2.05) is 6.07 Å². The molecular formula is C16H27N3O2. The van der Waals surface area contributed by atoms with Crippen LogP contribution in [-0.2, 0) is 4.74 Å². The zero-order chi connectivity index (χ0) is 15.2. The summed E-state index contributed by atoms with van der Waals surface area (Å²) in [6.45, 7) is 10.8. The Morgan fingerprint density at radius 2 is 2.14 bits per heavy atom. The quantitative estimate of drug-likeness (QED) is 0.836. The number of nitrogens with zero attached hydrogens (tertiary/aromatic N) is 2. The van der Waals surface area contributed by atoms with E-state index in [-0.39, 0.29) is 5.92 Å². The van der Waals surface area contributed by atoms with E-state index >= 15 is 0 Å². The molecule has 1 aromatic rings. The Bertz CT molecular complexity index is 443. The van der Waals surface area contributed by atoms with Crippen LogP contribution in [0, 0.1) is 5.92 Å². The summed E-state index contributed by atoms with van der Waals surface area (Å²) in [5.74, 6) is 3.04. The van der Waals surface area contributed by atoms with Crippen LogP contribution in [0.15, 0.2) is 6.07 Å². The van der Waals surface area contributed by atoms with Crippen molar-refractivity contribution >= 4 is 5.82 Å². The van der Waals surface area contributed by atoms with Crippen LogP contribution in [0.25, 0.3) is 0 Å². The number of aromatic nitrogens is 2. The largest absolute Gasteiger partial charge is 0.477 e. The summed E-state index contributed by atoms with van der Waals surface area (Å²) >= 11 is 0. The van der Waals surface area contributed by atoms with Crippen molar-refractivity contribution in [3.63, 3.8) is 0 Å². The van der Waals surface area contributed by atoms with Gasteiger partial charge in [0.2, 0.25) is 5.88 Å². The smallest absolute Gasteiger partial charge is 0.218 e. The summed E-state index contributed by atoms with van der Waals surface area (Å²) in [6, 6.07) is 1.88. The van der Waals surface area contributed by atoms with Gasteiger partial charge in [-0.1, -0.05) is 27.7 Å². The second-order valence-corrected chi connectivity index (χ2v) is 6.33. The lowest BCUT2D eigenvalue weighted by atomic mass is 10.2. The number of nitrogens with one attached hydrogen (secondary N) is 1. The highest BCUT2D eigenvalue weighted by Gasteiger charge is 2.16. The summed E-state index contributed by atoms with van der Waals surface area (Å²) in [5, 5.41) is 3.35. The third-order valence-electron chi connectivity index (χ3n) is 3.34. The standard InChI is InChI=1S/C16H27N3O2/c1-11(2)10-21-15-8-14(18-16(19-15)12(3)4)17-9-13-6-5-7-20-13/h8,11-13H,5-7,9-10H2,1-4H3,(H,17,18,19). The third kappa shape index (κ3) is 5.16. The molecule has 1 saturated heterocycles. The minimum absolute atomic E-state index is 0.274. The highest BCUT2D eigenvalue weighted by molar-refractivity contribution is 5.39. The van der Waals surface area contributed by atoms with E-state index in [0.29, 0.717) is 24.5 Å². The fourth-order valence-corrected chi connectivity index (χ4v) is 2.14. The lowest BCUT2D eigenvalue weighted by Crippen LogP contribution is -2.19. The lowest BCUT2D eigenvalue weighted by Gasteiger charge is -2.15. The van der Waals surface area contributed by atoms with Crippen molar-refractivity contribution in [1.82, 2.24) is 9.97 Å². The number of anilines is 1. The molecule has 21 heavy (non-hydrogen) atoms. The van der Waals surface area contributed by atoms with Gasteiger partial charge in [0, 0.05) is 25.1 Å². The van der Waals surface area contributed by atoms with Crippen LogP contribution in [0.4, 0.5) is 5.82 Å². The monoisotopic (exact) mass is 293 g/mol. The maximum Gasteiger partial charge on any atom is 0.218 e. The van der Waals surface area contributed by atoms with E-state index in [4.69, 9.17) is 9.47 Å². The molecule has 1 N–H and O–H groups in total. The third-order valence-corrected chi connectivity index (χ3v) is 3.34. The van der Waals surface area contributed by atoms with Gasteiger partial charge in [0.05, 0.1) is 12.7 Å². The van der Waals surface area contributed by atoms with Gasteiger partial charge in [-0.05, 0) is 18.8 Å². The van der Waals surface area contributed by atoms with Crippen LogP contribution >= 0.6 is 0 Å². The Balaban J connectivity index is 2.03. The topological polar surface area (TPSA) is 56.3 Å². The first-order valence-electron chi connectivity index (χ1n) is 7.92. The Hall–Kier alpha value is -1.36. The highest BCUT2D eigenvalue weighted by Crippen LogP contribution is 2.20. The summed E-state index contributed by atoms with van der Waals surface area (Å²) in [6.07, 6.45) is 2.56. The Morgan fingerprint density at radius 3 is 2.76 bits per heavy atom. The minimum Gasteiger partial charge on any atom is -0.477 e. The molecule has 5 nitrogen and oxygen atoms in total. The molecule has 118 valence electrons. The molecule has 0 spiro atoms. The van der Waals surface area contributed by atoms with E-state index in [0.717, 1.165) is 37.6 Å². The van der Waals surface area contributed by atoms with E-state index in [1.54, 1.807) is 0 Å². The maximum absolute atomic E-state index is 5.75. The van der Waals surface area contributed by atoms with Crippen LogP contribution in [0.3, 0.4) is 0 Å². The SMILES string of the molecule is CC(C)COc1cc(NCC2CCCO2)nc(C(C)C)n1. The van der Waals surface area contributed by atoms with Crippen LogP contribution in [0.1, 0.15) is 52.3 Å². The average Bonchev–Trinajstić information content (AvgIpc) is 2.96. The summed E-state index contributed by atoms with van der Waals surface area (Å²) in [5.41, 5.74) is 0. The van der Waals surface area contributed by atoms with Crippen molar-refractivity contribution in [2.45, 2.75) is 52.6 Å². The van der Waals surface area contributed by atoms with Gasteiger partial charge < -0.3 is 14.8 Å². The second-order valence-electron chi connectivity index (χ2n) is 6.33. The highest BCUT2D eigenvalue weighted by atomic mass is 16.5. The van der Waals surface area contributed by atoms with E-state index < -0.39 is 0 Å². The second kappa shape index (κ2) is 7.59. The Kier molecular flexibility index (Phi) is 5.79. The van der Waals surface area contributed by atoms with Gasteiger partial charge in [0.25, 0.3) is 0 Å². The van der Waals surface area contributed by atoms with Crippen LogP contribution in [0.2, 0.25) is 0 Å². The molecule has 0 saturated carbocycles. The van der Waals surface area contributed by atoms with Gasteiger partial charge in [-0.25, -0.2) is 4.98 Å². The number of rotatable bonds is 7. The molecule has 5 heteroatoms. The first-order valence-corrected chi connectivity index (χ1v) is 7.92. The lowest BCUT2D eigenvalue weighted by molar-refractivity contribution is 0.120. The molecular weight excluding hydrogens is 266 g/mol. The van der Waals surface area contributed by atoms with Crippen molar-refractivity contribution in [2.75, 3.05) is 25.1 Å².